The molecule has 0 spiro atoms. The first-order valence-corrected chi connectivity index (χ1v) is 8.34. The highest BCUT2D eigenvalue weighted by atomic mass is 35.5. The topological polar surface area (TPSA) is 38.0 Å². The van der Waals surface area contributed by atoms with E-state index in [1.54, 1.807) is 6.07 Å². The van der Waals surface area contributed by atoms with Crippen LogP contribution in [0, 0.1) is 5.92 Å². The van der Waals surface area contributed by atoms with Crippen molar-refractivity contribution in [2.45, 2.75) is 57.4 Å². The Balaban J connectivity index is 1.93. The molecule has 1 fully saturated rings. The van der Waals surface area contributed by atoms with E-state index in [1.165, 1.54) is 38.5 Å². The Morgan fingerprint density at radius 3 is 2.45 bits per heavy atom. The summed E-state index contributed by atoms with van der Waals surface area (Å²) in [5.41, 5.74) is 4.09. The second-order valence-electron chi connectivity index (χ2n) is 5.90. The largest absolute Gasteiger partial charge is 0.271 e. The molecule has 1 aliphatic rings. The number of halogens is 2. The van der Waals surface area contributed by atoms with Crippen LogP contribution in [0.1, 0.15) is 50.5 Å². The Morgan fingerprint density at radius 2 is 1.85 bits per heavy atom. The Kier molecular flexibility index (Phi) is 6.63. The van der Waals surface area contributed by atoms with Crippen LogP contribution in [0.3, 0.4) is 0 Å². The van der Waals surface area contributed by atoms with Gasteiger partial charge in [0, 0.05) is 16.1 Å². The van der Waals surface area contributed by atoms with Crippen LogP contribution in [0.15, 0.2) is 18.2 Å². The Morgan fingerprint density at radius 1 is 1.15 bits per heavy atom. The van der Waals surface area contributed by atoms with Crippen molar-refractivity contribution in [1.29, 1.82) is 0 Å². The third kappa shape index (κ3) is 4.92. The molecule has 4 heteroatoms. The molecule has 1 aromatic carbocycles. The lowest BCUT2D eigenvalue weighted by Gasteiger charge is -2.22. The first-order valence-electron chi connectivity index (χ1n) is 7.59. The maximum absolute atomic E-state index is 6.25. The molecule has 0 bridgehead atoms. The first-order chi connectivity index (χ1) is 9.69. The minimum absolute atomic E-state index is 0.289. The molecule has 2 nitrogen and oxygen atoms in total. The second kappa shape index (κ2) is 8.23. The fraction of sp³-hybridized carbons (Fsp3) is 0.625. The number of benzene rings is 1. The van der Waals surface area contributed by atoms with Crippen molar-refractivity contribution in [3.63, 3.8) is 0 Å². The molecular weight excluding hydrogens is 291 g/mol. The van der Waals surface area contributed by atoms with Crippen molar-refractivity contribution >= 4 is 23.2 Å². The van der Waals surface area contributed by atoms with E-state index in [0.717, 1.165) is 29.3 Å². The number of hydrogen-bond acceptors (Lipinski definition) is 2. The molecule has 0 amide bonds. The van der Waals surface area contributed by atoms with E-state index in [0.29, 0.717) is 5.02 Å². The van der Waals surface area contributed by atoms with Gasteiger partial charge in [0.25, 0.3) is 0 Å². The second-order valence-corrected chi connectivity index (χ2v) is 6.74. The lowest BCUT2D eigenvalue weighted by molar-refractivity contribution is 0.352. The van der Waals surface area contributed by atoms with Crippen LogP contribution in [0.25, 0.3) is 0 Å². The molecule has 0 heterocycles. The van der Waals surface area contributed by atoms with Gasteiger partial charge in [-0.3, -0.25) is 11.3 Å². The van der Waals surface area contributed by atoms with Crippen molar-refractivity contribution in [3.8, 4) is 0 Å². The number of hydrogen-bond donors (Lipinski definition) is 2. The van der Waals surface area contributed by atoms with Crippen molar-refractivity contribution in [2.24, 2.45) is 11.8 Å². The molecule has 0 aromatic heterocycles. The van der Waals surface area contributed by atoms with Gasteiger partial charge in [-0.25, -0.2) is 0 Å². The van der Waals surface area contributed by atoms with E-state index in [4.69, 9.17) is 29.0 Å². The smallest absolute Gasteiger partial charge is 0.0453 e. The average Bonchev–Trinajstić information content (AvgIpc) is 2.69. The van der Waals surface area contributed by atoms with Crippen LogP contribution >= 0.6 is 23.2 Å². The van der Waals surface area contributed by atoms with Gasteiger partial charge in [0.2, 0.25) is 0 Å². The Hall–Kier alpha value is -0.280. The zero-order valence-corrected chi connectivity index (χ0v) is 13.4. The summed E-state index contributed by atoms with van der Waals surface area (Å²) >= 11 is 12.2. The molecule has 0 saturated heterocycles. The highest BCUT2D eigenvalue weighted by Gasteiger charge is 2.18. The van der Waals surface area contributed by atoms with E-state index in [2.05, 4.69) is 5.43 Å². The van der Waals surface area contributed by atoms with Gasteiger partial charge in [0.15, 0.2) is 0 Å². The summed E-state index contributed by atoms with van der Waals surface area (Å²) in [5, 5.41) is 1.42. The minimum Gasteiger partial charge on any atom is -0.271 e. The summed E-state index contributed by atoms with van der Waals surface area (Å²) in [4.78, 5) is 0. The molecule has 3 N–H and O–H groups in total. The normalized spacial score (nSPS) is 18.8. The standard InChI is InChI=1S/C16H24Cl2N2/c17-14-8-7-13(16(18)11-14)10-15(20-19)9-12-5-3-1-2-4-6-12/h7-8,11-12,15,20H,1-6,9-10,19H2. The highest BCUT2D eigenvalue weighted by molar-refractivity contribution is 6.35. The molecule has 1 aliphatic carbocycles. The van der Waals surface area contributed by atoms with Gasteiger partial charge < -0.3 is 0 Å². The molecule has 1 aromatic rings. The summed E-state index contributed by atoms with van der Waals surface area (Å²) in [6.07, 6.45) is 10.2. The predicted octanol–water partition coefficient (Wildman–Crippen LogP) is 4.73. The van der Waals surface area contributed by atoms with Gasteiger partial charge >= 0.3 is 0 Å². The van der Waals surface area contributed by atoms with E-state index in [9.17, 15) is 0 Å². The van der Waals surface area contributed by atoms with Gasteiger partial charge in [0.1, 0.15) is 0 Å². The average molecular weight is 315 g/mol. The van der Waals surface area contributed by atoms with Crippen LogP contribution in [0.2, 0.25) is 10.0 Å². The molecule has 2 rings (SSSR count). The van der Waals surface area contributed by atoms with Gasteiger partial charge in [0.05, 0.1) is 0 Å². The van der Waals surface area contributed by atoms with Crippen LogP contribution in [-0.2, 0) is 6.42 Å². The van der Waals surface area contributed by atoms with Crippen molar-refractivity contribution < 1.29 is 0 Å². The molecule has 0 radical (unpaired) electrons. The number of hydrazine groups is 1. The summed E-state index contributed by atoms with van der Waals surface area (Å²) in [5.74, 6) is 6.53. The van der Waals surface area contributed by atoms with Crippen LogP contribution in [0.4, 0.5) is 0 Å². The van der Waals surface area contributed by atoms with Crippen LogP contribution < -0.4 is 11.3 Å². The summed E-state index contributed by atoms with van der Waals surface area (Å²) < 4.78 is 0. The highest BCUT2D eigenvalue weighted by Crippen LogP contribution is 2.28. The van der Waals surface area contributed by atoms with Gasteiger partial charge in [-0.15, -0.1) is 0 Å². The van der Waals surface area contributed by atoms with Gasteiger partial charge in [-0.1, -0.05) is 67.8 Å². The van der Waals surface area contributed by atoms with E-state index >= 15 is 0 Å². The van der Waals surface area contributed by atoms with E-state index in [-0.39, 0.29) is 6.04 Å². The maximum atomic E-state index is 6.25. The molecular formula is C16H24Cl2N2. The zero-order valence-electron chi connectivity index (χ0n) is 11.9. The minimum atomic E-state index is 0.289. The quantitative estimate of drug-likeness (QED) is 0.468. The summed E-state index contributed by atoms with van der Waals surface area (Å²) in [6.45, 7) is 0. The number of rotatable bonds is 5. The summed E-state index contributed by atoms with van der Waals surface area (Å²) in [6, 6.07) is 5.98. The monoisotopic (exact) mass is 314 g/mol. The molecule has 1 saturated carbocycles. The molecule has 112 valence electrons. The van der Waals surface area contributed by atoms with Crippen molar-refractivity contribution in [1.82, 2.24) is 5.43 Å². The zero-order chi connectivity index (χ0) is 14.4. The fourth-order valence-electron chi connectivity index (χ4n) is 3.16. The molecule has 1 unspecified atom stereocenters. The maximum Gasteiger partial charge on any atom is 0.0453 e. The SMILES string of the molecule is NNC(Cc1ccc(Cl)cc1Cl)CC1CCCCCC1. The molecule has 0 aliphatic heterocycles. The third-order valence-corrected chi connectivity index (χ3v) is 4.90. The Labute approximate surface area is 132 Å². The van der Waals surface area contributed by atoms with Crippen LogP contribution in [0.5, 0.6) is 0 Å². The third-order valence-electron chi connectivity index (χ3n) is 4.31. The van der Waals surface area contributed by atoms with Crippen LogP contribution in [-0.4, -0.2) is 6.04 Å². The van der Waals surface area contributed by atoms with E-state index < -0.39 is 0 Å². The predicted molar refractivity (Wildman–Crippen MR) is 87.1 cm³/mol. The molecule has 1 atom stereocenters. The number of nitrogens with two attached hydrogens (primary N) is 1. The number of nitrogens with one attached hydrogen (secondary N) is 1. The van der Waals surface area contributed by atoms with E-state index in [1.807, 2.05) is 12.1 Å². The summed E-state index contributed by atoms with van der Waals surface area (Å²) in [7, 11) is 0. The lowest BCUT2D eigenvalue weighted by Crippen LogP contribution is -2.38. The first kappa shape index (κ1) is 16.1. The van der Waals surface area contributed by atoms with Gasteiger partial charge in [-0.05, 0) is 36.5 Å². The van der Waals surface area contributed by atoms with Gasteiger partial charge in [-0.2, -0.15) is 0 Å². The fourth-order valence-corrected chi connectivity index (χ4v) is 3.65. The lowest BCUT2D eigenvalue weighted by atomic mass is 9.90. The Bertz CT molecular complexity index is 415. The molecule has 20 heavy (non-hydrogen) atoms. The van der Waals surface area contributed by atoms with Crippen molar-refractivity contribution in [2.75, 3.05) is 0 Å². The van der Waals surface area contributed by atoms with Crippen molar-refractivity contribution in [3.05, 3.63) is 33.8 Å².